The van der Waals surface area contributed by atoms with E-state index >= 15 is 0 Å². The summed E-state index contributed by atoms with van der Waals surface area (Å²) in [6, 6.07) is 10.7. The molecule has 1 nitrogen and oxygen atoms in total. The highest BCUT2D eigenvalue weighted by Crippen LogP contribution is 2.19. The number of hydrogen-bond acceptors (Lipinski definition) is 1. The second-order valence-electron chi connectivity index (χ2n) is 4.50. The summed E-state index contributed by atoms with van der Waals surface area (Å²) in [5.41, 5.74) is 8.40. The highest BCUT2D eigenvalue weighted by molar-refractivity contribution is 5.28. The van der Waals surface area contributed by atoms with E-state index in [0.717, 1.165) is 16.7 Å². The zero-order valence-corrected chi connectivity index (χ0v) is 10.2. The molecule has 0 aliphatic rings. The monoisotopic (exact) mass is 247 g/mol. The van der Waals surface area contributed by atoms with Crippen molar-refractivity contribution in [3.8, 4) is 0 Å². The fourth-order valence-corrected chi connectivity index (χ4v) is 2.01. The molecule has 3 heteroatoms. The van der Waals surface area contributed by atoms with Gasteiger partial charge in [0.05, 0.1) is 0 Å². The Hall–Kier alpha value is -1.74. The summed E-state index contributed by atoms with van der Waals surface area (Å²) < 4.78 is 26.3. The Kier molecular flexibility index (Phi) is 3.72. The van der Waals surface area contributed by atoms with E-state index in [9.17, 15) is 8.78 Å². The van der Waals surface area contributed by atoms with Crippen molar-refractivity contribution in [1.82, 2.24) is 0 Å². The van der Waals surface area contributed by atoms with Gasteiger partial charge >= 0.3 is 0 Å². The van der Waals surface area contributed by atoms with Crippen LogP contribution in [0.25, 0.3) is 0 Å². The van der Waals surface area contributed by atoms with Gasteiger partial charge in [-0.1, -0.05) is 18.2 Å². The molecule has 2 N–H and O–H groups in total. The van der Waals surface area contributed by atoms with Crippen molar-refractivity contribution in [2.75, 3.05) is 0 Å². The molecule has 1 atom stereocenters. The van der Waals surface area contributed by atoms with Crippen LogP contribution in [-0.4, -0.2) is 0 Å². The van der Waals surface area contributed by atoms with E-state index in [4.69, 9.17) is 5.73 Å². The topological polar surface area (TPSA) is 26.0 Å². The van der Waals surface area contributed by atoms with Gasteiger partial charge in [0.25, 0.3) is 0 Å². The largest absolute Gasteiger partial charge is 0.324 e. The van der Waals surface area contributed by atoms with Gasteiger partial charge in [0.2, 0.25) is 0 Å². The summed E-state index contributed by atoms with van der Waals surface area (Å²) in [7, 11) is 0. The van der Waals surface area contributed by atoms with Crippen molar-refractivity contribution in [2.24, 2.45) is 5.73 Å². The van der Waals surface area contributed by atoms with E-state index in [0.29, 0.717) is 6.42 Å². The first kappa shape index (κ1) is 12.7. The van der Waals surface area contributed by atoms with Gasteiger partial charge in [0, 0.05) is 6.04 Å². The molecular formula is C15H15F2N. The van der Waals surface area contributed by atoms with Crippen molar-refractivity contribution in [3.05, 3.63) is 70.8 Å². The Bertz CT molecular complexity index is 532. The summed E-state index contributed by atoms with van der Waals surface area (Å²) >= 11 is 0. The predicted molar refractivity (Wildman–Crippen MR) is 68.2 cm³/mol. The Morgan fingerprint density at radius 1 is 1.06 bits per heavy atom. The van der Waals surface area contributed by atoms with Crippen molar-refractivity contribution in [2.45, 2.75) is 19.4 Å². The highest BCUT2D eigenvalue weighted by Gasteiger charge is 2.09. The summed E-state index contributed by atoms with van der Waals surface area (Å²) in [6.45, 7) is 1.82. The van der Waals surface area contributed by atoms with Gasteiger partial charge in [-0.3, -0.25) is 0 Å². The van der Waals surface area contributed by atoms with Gasteiger partial charge in [-0.05, 0) is 54.3 Å². The Morgan fingerprint density at radius 2 is 1.83 bits per heavy atom. The molecule has 2 aromatic carbocycles. The normalized spacial score (nSPS) is 12.4. The zero-order chi connectivity index (χ0) is 13.1. The molecule has 94 valence electrons. The lowest BCUT2D eigenvalue weighted by molar-refractivity contribution is 0.613. The minimum atomic E-state index is -0.332. The fraction of sp³-hybridized carbons (Fsp3) is 0.200. The number of hydrogen-bond donors (Lipinski definition) is 1. The SMILES string of the molecule is Cc1cc(F)cc(C(N)Cc2cccc(F)c2)c1. The van der Waals surface area contributed by atoms with Gasteiger partial charge in [-0.25, -0.2) is 8.78 Å². The molecule has 0 amide bonds. The van der Waals surface area contributed by atoms with Crippen LogP contribution in [0.15, 0.2) is 42.5 Å². The molecular weight excluding hydrogens is 232 g/mol. The molecule has 0 aliphatic heterocycles. The zero-order valence-electron chi connectivity index (χ0n) is 10.2. The maximum Gasteiger partial charge on any atom is 0.123 e. The van der Waals surface area contributed by atoms with Crippen LogP contribution in [0.2, 0.25) is 0 Å². The number of rotatable bonds is 3. The molecule has 0 fully saturated rings. The number of halogens is 2. The quantitative estimate of drug-likeness (QED) is 0.882. The van der Waals surface area contributed by atoms with E-state index in [2.05, 4.69) is 0 Å². The summed E-state index contributed by atoms with van der Waals surface area (Å²) in [4.78, 5) is 0. The first-order valence-electron chi connectivity index (χ1n) is 5.82. The first-order valence-corrected chi connectivity index (χ1v) is 5.82. The van der Waals surface area contributed by atoms with Crippen LogP contribution in [0.1, 0.15) is 22.7 Å². The Labute approximate surface area is 105 Å². The average Bonchev–Trinajstić information content (AvgIpc) is 2.27. The van der Waals surface area contributed by atoms with Gasteiger partial charge in [-0.15, -0.1) is 0 Å². The molecule has 2 aromatic rings. The maximum absolute atomic E-state index is 13.3. The van der Waals surface area contributed by atoms with Crippen LogP contribution in [0.5, 0.6) is 0 Å². The van der Waals surface area contributed by atoms with Crippen molar-refractivity contribution in [1.29, 1.82) is 0 Å². The van der Waals surface area contributed by atoms with E-state index in [1.165, 1.54) is 24.3 Å². The van der Waals surface area contributed by atoms with Crippen LogP contribution in [0.3, 0.4) is 0 Å². The standard InChI is InChI=1S/C15H15F2N/c1-10-5-12(9-14(17)6-10)15(18)8-11-3-2-4-13(16)7-11/h2-7,9,15H,8,18H2,1H3. The van der Waals surface area contributed by atoms with E-state index in [-0.39, 0.29) is 17.7 Å². The van der Waals surface area contributed by atoms with E-state index in [1.807, 2.05) is 19.1 Å². The third-order valence-electron chi connectivity index (χ3n) is 2.84. The van der Waals surface area contributed by atoms with Crippen LogP contribution in [0, 0.1) is 18.6 Å². The maximum atomic E-state index is 13.3. The third-order valence-corrected chi connectivity index (χ3v) is 2.84. The van der Waals surface area contributed by atoms with E-state index in [1.54, 1.807) is 6.07 Å². The molecule has 0 heterocycles. The highest BCUT2D eigenvalue weighted by atomic mass is 19.1. The summed E-state index contributed by atoms with van der Waals surface area (Å²) in [5, 5.41) is 0. The lowest BCUT2D eigenvalue weighted by Gasteiger charge is -2.13. The van der Waals surface area contributed by atoms with Gasteiger partial charge < -0.3 is 5.73 Å². The van der Waals surface area contributed by atoms with Crippen LogP contribution >= 0.6 is 0 Å². The average molecular weight is 247 g/mol. The molecule has 18 heavy (non-hydrogen) atoms. The van der Waals surface area contributed by atoms with Crippen molar-refractivity contribution < 1.29 is 8.78 Å². The molecule has 0 aliphatic carbocycles. The van der Waals surface area contributed by atoms with Crippen LogP contribution in [-0.2, 0) is 6.42 Å². The predicted octanol–water partition coefficient (Wildman–Crippen LogP) is 3.52. The van der Waals surface area contributed by atoms with Gasteiger partial charge in [0.1, 0.15) is 11.6 Å². The molecule has 0 aromatic heterocycles. The first-order chi connectivity index (χ1) is 8.54. The molecule has 0 saturated carbocycles. The Balaban J connectivity index is 2.19. The second kappa shape index (κ2) is 5.27. The smallest absolute Gasteiger partial charge is 0.123 e. The molecule has 0 bridgehead atoms. The molecule has 0 radical (unpaired) electrons. The summed E-state index contributed by atoms with van der Waals surface area (Å²) in [6.07, 6.45) is 0.487. The molecule has 0 saturated heterocycles. The number of benzene rings is 2. The molecule has 0 spiro atoms. The molecule has 2 rings (SSSR count). The molecule has 1 unspecified atom stereocenters. The van der Waals surface area contributed by atoms with Gasteiger partial charge in [-0.2, -0.15) is 0 Å². The van der Waals surface area contributed by atoms with Gasteiger partial charge in [0.15, 0.2) is 0 Å². The fourth-order valence-electron chi connectivity index (χ4n) is 2.01. The lowest BCUT2D eigenvalue weighted by atomic mass is 9.98. The number of aryl methyl sites for hydroxylation is 1. The van der Waals surface area contributed by atoms with Crippen LogP contribution < -0.4 is 5.73 Å². The minimum absolute atomic E-state index is 0.282. The van der Waals surface area contributed by atoms with Crippen molar-refractivity contribution >= 4 is 0 Å². The van der Waals surface area contributed by atoms with E-state index < -0.39 is 0 Å². The third kappa shape index (κ3) is 3.14. The van der Waals surface area contributed by atoms with Crippen molar-refractivity contribution in [3.63, 3.8) is 0 Å². The number of nitrogens with two attached hydrogens (primary N) is 1. The Morgan fingerprint density at radius 3 is 2.50 bits per heavy atom. The lowest BCUT2D eigenvalue weighted by Crippen LogP contribution is -2.14. The second-order valence-corrected chi connectivity index (χ2v) is 4.50. The summed E-state index contributed by atoms with van der Waals surface area (Å²) in [5.74, 6) is -0.574. The van der Waals surface area contributed by atoms with Crippen LogP contribution in [0.4, 0.5) is 8.78 Å². The minimum Gasteiger partial charge on any atom is -0.324 e.